The molecule has 0 atom stereocenters. The number of allylic oxidation sites excluding steroid dienone is 1. The molecule has 2 aromatic carbocycles. The van der Waals surface area contributed by atoms with Gasteiger partial charge < -0.3 is 0 Å². The first-order chi connectivity index (χ1) is 9.38. The SMILES string of the molecule is C=C(CC(C)(C)c1ccc(C)cc1)c1ccc(C)cc1. The number of benzene rings is 2. The van der Waals surface area contributed by atoms with Gasteiger partial charge in [-0.1, -0.05) is 80.1 Å². The van der Waals surface area contributed by atoms with Crippen LogP contribution in [0.1, 0.15) is 42.5 Å². The average Bonchev–Trinajstić information content (AvgIpc) is 2.39. The van der Waals surface area contributed by atoms with Gasteiger partial charge in [-0.3, -0.25) is 0 Å². The van der Waals surface area contributed by atoms with E-state index in [1.165, 1.54) is 27.8 Å². The van der Waals surface area contributed by atoms with E-state index in [2.05, 4.69) is 82.8 Å². The fourth-order valence-electron chi connectivity index (χ4n) is 2.53. The van der Waals surface area contributed by atoms with E-state index >= 15 is 0 Å². The fourth-order valence-corrected chi connectivity index (χ4v) is 2.53. The Kier molecular flexibility index (Phi) is 4.13. The maximum absolute atomic E-state index is 4.28. The minimum absolute atomic E-state index is 0.107. The van der Waals surface area contributed by atoms with Crippen molar-refractivity contribution in [2.75, 3.05) is 0 Å². The Balaban J connectivity index is 2.17. The van der Waals surface area contributed by atoms with Crippen LogP contribution in [0, 0.1) is 13.8 Å². The van der Waals surface area contributed by atoms with Crippen LogP contribution in [0.15, 0.2) is 55.1 Å². The summed E-state index contributed by atoms with van der Waals surface area (Å²) in [5.41, 5.74) is 6.53. The highest BCUT2D eigenvalue weighted by atomic mass is 14.3. The van der Waals surface area contributed by atoms with Crippen LogP contribution in [-0.4, -0.2) is 0 Å². The van der Waals surface area contributed by atoms with Gasteiger partial charge in [-0.05, 0) is 42.4 Å². The molecule has 0 amide bonds. The topological polar surface area (TPSA) is 0 Å². The summed E-state index contributed by atoms with van der Waals surface area (Å²) >= 11 is 0. The van der Waals surface area contributed by atoms with Crippen molar-refractivity contribution in [3.8, 4) is 0 Å². The molecule has 0 radical (unpaired) electrons. The van der Waals surface area contributed by atoms with Crippen LogP contribution >= 0.6 is 0 Å². The Morgan fingerprint density at radius 3 is 1.80 bits per heavy atom. The highest BCUT2D eigenvalue weighted by Gasteiger charge is 2.21. The van der Waals surface area contributed by atoms with E-state index in [1.54, 1.807) is 0 Å². The maximum Gasteiger partial charge on any atom is -0.00632 e. The molecule has 2 aromatic rings. The van der Waals surface area contributed by atoms with E-state index < -0.39 is 0 Å². The zero-order valence-corrected chi connectivity index (χ0v) is 13.0. The molecule has 0 saturated carbocycles. The molecule has 0 aliphatic heterocycles. The molecule has 0 saturated heterocycles. The summed E-state index contributed by atoms with van der Waals surface area (Å²) in [6, 6.07) is 17.5. The molecule has 104 valence electrons. The van der Waals surface area contributed by atoms with Gasteiger partial charge in [0.05, 0.1) is 0 Å². The van der Waals surface area contributed by atoms with Crippen molar-refractivity contribution in [1.82, 2.24) is 0 Å². The molecule has 0 fully saturated rings. The van der Waals surface area contributed by atoms with Gasteiger partial charge in [-0.15, -0.1) is 0 Å². The molecule has 0 nitrogen and oxygen atoms in total. The molecule has 2 rings (SSSR count). The van der Waals surface area contributed by atoms with Crippen LogP contribution in [0.25, 0.3) is 5.57 Å². The summed E-state index contributed by atoms with van der Waals surface area (Å²) in [7, 11) is 0. The molecule has 0 bridgehead atoms. The molecule has 0 heteroatoms. The van der Waals surface area contributed by atoms with Crippen LogP contribution in [0.2, 0.25) is 0 Å². The fraction of sp³-hybridized carbons (Fsp3) is 0.300. The number of aryl methyl sites for hydroxylation is 2. The quantitative estimate of drug-likeness (QED) is 0.666. The summed E-state index contributed by atoms with van der Waals surface area (Å²) in [4.78, 5) is 0. The molecule has 0 unspecified atom stereocenters. The Morgan fingerprint density at radius 2 is 1.30 bits per heavy atom. The third-order valence-electron chi connectivity index (χ3n) is 3.95. The molecule has 0 aromatic heterocycles. The molecular formula is C20H24. The van der Waals surface area contributed by atoms with Gasteiger partial charge in [0.2, 0.25) is 0 Å². The highest BCUT2D eigenvalue weighted by molar-refractivity contribution is 5.65. The van der Waals surface area contributed by atoms with Crippen LogP contribution in [0.3, 0.4) is 0 Å². The average molecular weight is 264 g/mol. The first-order valence-corrected chi connectivity index (χ1v) is 7.20. The molecule has 0 spiro atoms. The van der Waals surface area contributed by atoms with Gasteiger partial charge >= 0.3 is 0 Å². The van der Waals surface area contributed by atoms with Crippen molar-refractivity contribution in [3.63, 3.8) is 0 Å². The standard InChI is InChI=1S/C20H24/c1-15-6-10-18(11-7-15)17(3)14-20(4,5)19-12-8-16(2)9-13-19/h6-13H,3,14H2,1-2,4-5H3. The summed E-state index contributed by atoms with van der Waals surface area (Å²) in [6.07, 6.45) is 0.971. The smallest absolute Gasteiger partial charge is 0.00632 e. The van der Waals surface area contributed by atoms with Crippen LogP contribution in [0.5, 0.6) is 0 Å². The molecular weight excluding hydrogens is 240 g/mol. The Hall–Kier alpha value is -1.82. The third-order valence-corrected chi connectivity index (χ3v) is 3.95. The Morgan fingerprint density at radius 1 is 0.850 bits per heavy atom. The van der Waals surface area contributed by atoms with E-state index in [-0.39, 0.29) is 5.41 Å². The summed E-state index contributed by atoms with van der Waals surface area (Å²) in [5.74, 6) is 0. The van der Waals surface area contributed by atoms with Gasteiger partial charge in [-0.2, -0.15) is 0 Å². The van der Waals surface area contributed by atoms with Gasteiger partial charge in [-0.25, -0.2) is 0 Å². The Bertz CT molecular complexity index is 583. The molecule has 0 aliphatic carbocycles. The second-order valence-corrected chi connectivity index (χ2v) is 6.40. The first kappa shape index (κ1) is 14.6. The van der Waals surface area contributed by atoms with E-state index in [4.69, 9.17) is 0 Å². The van der Waals surface area contributed by atoms with Crippen molar-refractivity contribution in [1.29, 1.82) is 0 Å². The lowest BCUT2D eigenvalue weighted by Gasteiger charge is -2.27. The van der Waals surface area contributed by atoms with E-state index in [0.29, 0.717) is 0 Å². The van der Waals surface area contributed by atoms with Crippen LogP contribution < -0.4 is 0 Å². The minimum Gasteiger partial charge on any atom is -0.0952 e. The predicted octanol–water partition coefficient (Wildman–Crippen LogP) is 5.68. The van der Waals surface area contributed by atoms with Gasteiger partial charge in [0.1, 0.15) is 0 Å². The highest BCUT2D eigenvalue weighted by Crippen LogP contribution is 2.33. The van der Waals surface area contributed by atoms with E-state index in [1.807, 2.05) is 0 Å². The maximum atomic E-state index is 4.28. The zero-order chi connectivity index (χ0) is 14.8. The second kappa shape index (κ2) is 5.66. The van der Waals surface area contributed by atoms with Crippen molar-refractivity contribution in [2.45, 2.75) is 39.5 Å². The minimum atomic E-state index is 0.107. The number of hydrogen-bond donors (Lipinski definition) is 0. The van der Waals surface area contributed by atoms with Gasteiger partial charge in [0.15, 0.2) is 0 Å². The van der Waals surface area contributed by atoms with E-state index in [9.17, 15) is 0 Å². The van der Waals surface area contributed by atoms with Crippen molar-refractivity contribution in [2.24, 2.45) is 0 Å². The van der Waals surface area contributed by atoms with Crippen molar-refractivity contribution >= 4 is 5.57 Å². The van der Waals surface area contributed by atoms with Crippen LogP contribution in [-0.2, 0) is 5.41 Å². The second-order valence-electron chi connectivity index (χ2n) is 6.40. The lowest BCUT2D eigenvalue weighted by molar-refractivity contribution is 0.542. The van der Waals surface area contributed by atoms with Crippen molar-refractivity contribution in [3.05, 3.63) is 77.4 Å². The molecule has 0 aliphatic rings. The van der Waals surface area contributed by atoms with E-state index in [0.717, 1.165) is 6.42 Å². The largest absolute Gasteiger partial charge is 0.0952 e. The Labute approximate surface area is 123 Å². The third kappa shape index (κ3) is 3.39. The van der Waals surface area contributed by atoms with Gasteiger partial charge in [0, 0.05) is 0 Å². The lowest BCUT2D eigenvalue weighted by Crippen LogP contribution is -2.17. The number of rotatable bonds is 4. The van der Waals surface area contributed by atoms with Crippen LogP contribution in [0.4, 0.5) is 0 Å². The molecule has 20 heavy (non-hydrogen) atoms. The first-order valence-electron chi connectivity index (χ1n) is 7.20. The molecule has 0 N–H and O–H groups in total. The summed E-state index contributed by atoms with van der Waals surface area (Å²) in [6.45, 7) is 13.1. The number of hydrogen-bond acceptors (Lipinski definition) is 0. The normalized spacial score (nSPS) is 11.4. The predicted molar refractivity (Wildman–Crippen MR) is 89.0 cm³/mol. The summed E-state index contributed by atoms with van der Waals surface area (Å²) < 4.78 is 0. The van der Waals surface area contributed by atoms with Crippen molar-refractivity contribution < 1.29 is 0 Å². The lowest BCUT2D eigenvalue weighted by atomic mass is 9.78. The monoisotopic (exact) mass is 264 g/mol. The van der Waals surface area contributed by atoms with Gasteiger partial charge in [0.25, 0.3) is 0 Å². The summed E-state index contributed by atoms with van der Waals surface area (Å²) in [5, 5.41) is 0. The zero-order valence-electron chi connectivity index (χ0n) is 13.0. The molecule has 0 heterocycles.